The van der Waals surface area contributed by atoms with E-state index in [1.165, 1.54) is 19.3 Å². The number of carbonyl (C=O) groups is 1. The van der Waals surface area contributed by atoms with Crippen LogP contribution in [0, 0.1) is 5.92 Å². The van der Waals surface area contributed by atoms with Crippen molar-refractivity contribution in [3.05, 3.63) is 24.0 Å². The van der Waals surface area contributed by atoms with Crippen molar-refractivity contribution in [1.82, 2.24) is 21.2 Å². The predicted octanol–water partition coefficient (Wildman–Crippen LogP) is 2.34. The molecule has 0 saturated carbocycles. The zero-order chi connectivity index (χ0) is 14.8. The van der Waals surface area contributed by atoms with Crippen LogP contribution in [0.4, 0.5) is 0 Å². The predicted molar refractivity (Wildman–Crippen MR) is 85.3 cm³/mol. The topological polar surface area (TPSA) is 68.9 Å². The standard InChI is InChI=1S/C14H24N4OS/c1-3-5-7-11(4-2)10-16-14(20)18-17-13(19)12-8-6-9-15-12/h6,8-9,11,15H,3-5,7,10H2,1-2H3,(H,17,19)(H2,16,18,20)/t11-/m0/s1. The lowest BCUT2D eigenvalue weighted by molar-refractivity contribution is 0.0939. The van der Waals surface area contributed by atoms with Gasteiger partial charge in [-0.15, -0.1) is 0 Å². The maximum Gasteiger partial charge on any atom is 0.286 e. The van der Waals surface area contributed by atoms with E-state index in [0.29, 0.717) is 16.7 Å². The average Bonchev–Trinajstić information content (AvgIpc) is 2.99. The van der Waals surface area contributed by atoms with Gasteiger partial charge in [-0.25, -0.2) is 0 Å². The van der Waals surface area contributed by atoms with Gasteiger partial charge < -0.3 is 10.3 Å². The molecule has 0 bridgehead atoms. The van der Waals surface area contributed by atoms with Crippen molar-refractivity contribution in [3.8, 4) is 0 Å². The summed E-state index contributed by atoms with van der Waals surface area (Å²) in [7, 11) is 0. The lowest BCUT2D eigenvalue weighted by Crippen LogP contribution is -2.47. The number of hydrogen-bond donors (Lipinski definition) is 4. The molecular weight excluding hydrogens is 272 g/mol. The lowest BCUT2D eigenvalue weighted by atomic mass is 9.99. The molecule has 1 aromatic rings. The van der Waals surface area contributed by atoms with Crippen molar-refractivity contribution in [3.63, 3.8) is 0 Å². The van der Waals surface area contributed by atoms with E-state index in [4.69, 9.17) is 12.2 Å². The summed E-state index contributed by atoms with van der Waals surface area (Å²) in [6.45, 7) is 5.22. The van der Waals surface area contributed by atoms with Gasteiger partial charge in [0.05, 0.1) is 0 Å². The number of nitrogens with one attached hydrogen (secondary N) is 4. The van der Waals surface area contributed by atoms with Crippen LogP contribution in [0.25, 0.3) is 0 Å². The number of aromatic nitrogens is 1. The molecule has 0 radical (unpaired) electrons. The van der Waals surface area contributed by atoms with Crippen molar-refractivity contribution in [2.24, 2.45) is 5.92 Å². The molecule has 4 N–H and O–H groups in total. The summed E-state index contributed by atoms with van der Waals surface area (Å²) < 4.78 is 0. The van der Waals surface area contributed by atoms with Crippen molar-refractivity contribution in [1.29, 1.82) is 0 Å². The van der Waals surface area contributed by atoms with E-state index in [0.717, 1.165) is 13.0 Å². The molecule has 20 heavy (non-hydrogen) atoms. The van der Waals surface area contributed by atoms with Gasteiger partial charge in [-0.2, -0.15) is 0 Å². The normalized spacial score (nSPS) is 11.7. The number of rotatable bonds is 7. The number of amides is 1. The van der Waals surface area contributed by atoms with Crippen LogP contribution < -0.4 is 16.2 Å². The monoisotopic (exact) mass is 296 g/mol. The number of thiocarbonyl (C=S) groups is 1. The number of carbonyl (C=O) groups excluding carboxylic acids is 1. The Balaban J connectivity index is 2.21. The van der Waals surface area contributed by atoms with E-state index in [1.807, 2.05) is 0 Å². The second kappa shape index (κ2) is 9.36. The smallest absolute Gasteiger partial charge is 0.286 e. The first-order chi connectivity index (χ1) is 9.67. The minimum atomic E-state index is -0.239. The number of hydrazine groups is 1. The number of unbranched alkanes of at least 4 members (excludes halogenated alkanes) is 1. The molecule has 0 fully saturated rings. The van der Waals surface area contributed by atoms with E-state index in [9.17, 15) is 4.79 Å². The van der Waals surface area contributed by atoms with Crippen LogP contribution >= 0.6 is 12.2 Å². The molecule has 112 valence electrons. The molecule has 1 heterocycles. The molecule has 0 spiro atoms. The maximum absolute atomic E-state index is 11.7. The second-order valence-electron chi connectivity index (χ2n) is 4.79. The van der Waals surface area contributed by atoms with Crippen molar-refractivity contribution in [2.75, 3.05) is 6.54 Å². The molecule has 0 aliphatic rings. The van der Waals surface area contributed by atoms with Crippen molar-refractivity contribution < 1.29 is 4.79 Å². The van der Waals surface area contributed by atoms with Crippen LogP contribution in [0.15, 0.2) is 18.3 Å². The summed E-state index contributed by atoms with van der Waals surface area (Å²) in [5.41, 5.74) is 5.75. The van der Waals surface area contributed by atoms with Crippen molar-refractivity contribution in [2.45, 2.75) is 39.5 Å². The molecule has 0 aromatic carbocycles. The Morgan fingerprint density at radius 1 is 1.40 bits per heavy atom. The number of H-pyrrole nitrogens is 1. The summed E-state index contributed by atoms with van der Waals surface area (Å²) in [5, 5.41) is 3.58. The van der Waals surface area contributed by atoms with Gasteiger partial charge in [-0.05, 0) is 36.7 Å². The summed E-state index contributed by atoms with van der Waals surface area (Å²) >= 11 is 5.13. The van der Waals surface area contributed by atoms with Crippen LogP contribution in [-0.4, -0.2) is 22.5 Å². The molecule has 1 atom stereocenters. The van der Waals surface area contributed by atoms with E-state index in [1.54, 1.807) is 18.3 Å². The van der Waals surface area contributed by atoms with Gasteiger partial charge in [0.25, 0.3) is 5.91 Å². The third-order valence-electron chi connectivity index (χ3n) is 3.23. The van der Waals surface area contributed by atoms with Gasteiger partial charge >= 0.3 is 0 Å². The highest BCUT2D eigenvalue weighted by Gasteiger charge is 2.08. The van der Waals surface area contributed by atoms with Gasteiger partial charge in [0.1, 0.15) is 5.69 Å². The van der Waals surface area contributed by atoms with Gasteiger partial charge in [0, 0.05) is 12.7 Å². The van der Waals surface area contributed by atoms with Gasteiger partial charge in [0.15, 0.2) is 5.11 Å². The van der Waals surface area contributed by atoms with E-state index >= 15 is 0 Å². The van der Waals surface area contributed by atoms with E-state index in [-0.39, 0.29) is 5.91 Å². The fraction of sp³-hybridized carbons (Fsp3) is 0.571. The Hall–Kier alpha value is -1.56. The SMILES string of the molecule is CCCC[C@H](CC)CNC(=S)NNC(=O)c1ccc[nH]1. The number of aromatic amines is 1. The minimum absolute atomic E-state index is 0.239. The van der Waals surface area contributed by atoms with Crippen LogP contribution in [-0.2, 0) is 0 Å². The Morgan fingerprint density at radius 3 is 2.80 bits per heavy atom. The van der Waals surface area contributed by atoms with Crippen LogP contribution in [0.5, 0.6) is 0 Å². The molecule has 5 nitrogen and oxygen atoms in total. The van der Waals surface area contributed by atoms with Crippen LogP contribution in [0.2, 0.25) is 0 Å². The zero-order valence-corrected chi connectivity index (χ0v) is 13.0. The van der Waals surface area contributed by atoms with Gasteiger partial charge in [-0.1, -0.05) is 33.1 Å². The third kappa shape index (κ3) is 6.06. The first kappa shape index (κ1) is 16.5. The Labute approximate surface area is 125 Å². The third-order valence-corrected chi connectivity index (χ3v) is 3.47. The van der Waals surface area contributed by atoms with E-state index in [2.05, 4.69) is 35.0 Å². The summed E-state index contributed by atoms with van der Waals surface area (Å²) in [6, 6.07) is 3.47. The first-order valence-electron chi connectivity index (χ1n) is 7.14. The van der Waals surface area contributed by atoms with Crippen LogP contribution in [0.1, 0.15) is 50.0 Å². The fourth-order valence-electron chi connectivity index (χ4n) is 1.88. The first-order valence-corrected chi connectivity index (χ1v) is 7.55. The fourth-order valence-corrected chi connectivity index (χ4v) is 2.01. The average molecular weight is 296 g/mol. The van der Waals surface area contributed by atoms with Gasteiger partial charge in [-0.3, -0.25) is 15.6 Å². The minimum Gasteiger partial charge on any atom is -0.361 e. The number of hydrogen-bond acceptors (Lipinski definition) is 2. The lowest BCUT2D eigenvalue weighted by Gasteiger charge is -2.17. The Kier molecular flexibility index (Phi) is 7.72. The largest absolute Gasteiger partial charge is 0.361 e. The molecule has 1 aromatic heterocycles. The second-order valence-corrected chi connectivity index (χ2v) is 5.20. The van der Waals surface area contributed by atoms with Crippen molar-refractivity contribution >= 4 is 23.2 Å². The molecule has 6 heteroatoms. The zero-order valence-electron chi connectivity index (χ0n) is 12.2. The highest BCUT2D eigenvalue weighted by molar-refractivity contribution is 7.80. The molecule has 0 saturated heterocycles. The molecule has 0 unspecified atom stereocenters. The summed E-state index contributed by atoms with van der Waals surface area (Å²) in [4.78, 5) is 14.5. The van der Waals surface area contributed by atoms with E-state index < -0.39 is 0 Å². The quantitative estimate of drug-likeness (QED) is 0.460. The molecule has 0 aliphatic carbocycles. The Morgan fingerprint density at radius 2 is 2.20 bits per heavy atom. The van der Waals surface area contributed by atoms with Crippen LogP contribution in [0.3, 0.4) is 0 Å². The molecular formula is C14H24N4OS. The van der Waals surface area contributed by atoms with Gasteiger partial charge in [0.2, 0.25) is 0 Å². The highest BCUT2D eigenvalue weighted by atomic mass is 32.1. The summed E-state index contributed by atoms with van der Waals surface area (Å²) in [6.07, 6.45) is 6.49. The molecule has 1 amide bonds. The highest BCUT2D eigenvalue weighted by Crippen LogP contribution is 2.10. The maximum atomic E-state index is 11.7. The Bertz CT molecular complexity index is 405. The molecule has 1 rings (SSSR count). The summed E-state index contributed by atoms with van der Waals surface area (Å²) in [5.74, 6) is 0.381. The molecule has 0 aliphatic heterocycles.